The first kappa shape index (κ1) is 24.7. The van der Waals surface area contributed by atoms with Gasteiger partial charge in [-0.3, -0.25) is 14.9 Å². The lowest BCUT2D eigenvalue weighted by molar-refractivity contribution is -0.384. The summed E-state index contributed by atoms with van der Waals surface area (Å²) in [4.78, 5) is 23.0. The molecule has 0 fully saturated rings. The van der Waals surface area contributed by atoms with Crippen LogP contribution in [0.4, 0.5) is 5.69 Å². The predicted octanol–water partition coefficient (Wildman–Crippen LogP) is 7.14. The van der Waals surface area contributed by atoms with Crippen LogP contribution in [0.3, 0.4) is 0 Å². The molecule has 0 aliphatic rings. The maximum absolute atomic E-state index is 12.6. The van der Waals surface area contributed by atoms with Crippen LogP contribution in [0.15, 0.2) is 120 Å². The molecule has 5 rings (SSSR count). The Morgan fingerprint density at radius 1 is 0.842 bits per heavy atom. The quantitative estimate of drug-likeness (QED) is 0.140. The van der Waals surface area contributed by atoms with Crippen molar-refractivity contribution in [3.63, 3.8) is 0 Å². The number of benzene rings is 4. The summed E-state index contributed by atoms with van der Waals surface area (Å²) in [5.74, 6) is -0.474. The van der Waals surface area contributed by atoms with E-state index in [0.717, 1.165) is 33.8 Å². The lowest BCUT2D eigenvalue weighted by atomic mass is 10.1. The first-order valence-electron chi connectivity index (χ1n) is 11.7. The van der Waals surface area contributed by atoms with Crippen LogP contribution in [0.2, 0.25) is 5.02 Å². The van der Waals surface area contributed by atoms with E-state index in [0.29, 0.717) is 5.02 Å². The van der Waals surface area contributed by atoms with Gasteiger partial charge in [0, 0.05) is 34.0 Å². The molecular weight excluding hydrogens is 500 g/mol. The number of halogens is 1. The molecule has 1 aromatic heterocycles. The van der Waals surface area contributed by atoms with Crippen molar-refractivity contribution in [2.75, 3.05) is 0 Å². The minimum absolute atomic E-state index is 0.0884. The van der Waals surface area contributed by atoms with E-state index < -0.39 is 10.8 Å². The summed E-state index contributed by atoms with van der Waals surface area (Å²) < 4.78 is 2.14. The molecule has 186 valence electrons. The number of hydrazone groups is 1. The number of nitrogens with zero attached hydrogens (tertiary/aromatic N) is 3. The van der Waals surface area contributed by atoms with Crippen molar-refractivity contribution in [3.05, 3.63) is 142 Å². The molecule has 0 radical (unpaired) electrons. The molecule has 0 aliphatic carbocycles. The summed E-state index contributed by atoms with van der Waals surface area (Å²) in [6.45, 7) is 0. The highest BCUT2D eigenvalue weighted by Crippen LogP contribution is 2.35. The number of hydrogen-bond donors (Lipinski definition) is 1. The van der Waals surface area contributed by atoms with Crippen LogP contribution < -0.4 is 5.43 Å². The minimum atomic E-state index is -0.513. The number of hydrogen-bond acceptors (Lipinski definition) is 4. The Kier molecular flexibility index (Phi) is 7.10. The number of carbonyl (C=O) groups is 1. The maximum Gasteiger partial charge on any atom is 0.271 e. The largest absolute Gasteiger partial charge is 0.309 e. The lowest BCUT2D eigenvalue weighted by Gasteiger charge is -2.15. The molecule has 0 saturated carbocycles. The smallest absolute Gasteiger partial charge is 0.271 e. The second-order valence-electron chi connectivity index (χ2n) is 8.38. The predicted molar refractivity (Wildman–Crippen MR) is 150 cm³/mol. The number of aromatic nitrogens is 1. The van der Waals surface area contributed by atoms with Gasteiger partial charge in [0.2, 0.25) is 0 Å². The molecule has 1 N–H and O–H groups in total. The number of nitrogens with one attached hydrogen (secondary N) is 1. The highest BCUT2D eigenvalue weighted by atomic mass is 35.5. The van der Waals surface area contributed by atoms with E-state index in [4.69, 9.17) is 11.6 Å². The molecule has 0 spiro atoms. The summed E-state index contributed by atoms with van der Waals surface area (Å²) in [5.41, 5.74) is 8.21. The van der Waals surface area contributed by atoms with Gasteiger partial charge in [0.15, 0.2) is 0 Å². The highest BCUT2D eigenvalue weighted by Gasteiger charge is 2.19. The zero-order valence-corrected chi connectivity index (χ0v) is 20.7. The zero-order chi connectivity index (χ0) is 26.5. The summed E-state index contributed by atoms with van der Waals surface area (Å²) in [5, 5.41) is 15.7. The summed E-state index contributed by atoms with van der Waals surface area (Å²) in [6.07, 6.45) is 1.60. The second-order valence-corrected chi connectivity index (χ2v) is 8.82. The molecule has 38 heavy (non-hydrogen) atoms. The third kappa shape index (κ3) is 5.23. The summed E-state index contributed by atoms with van der Waals surface area (Å²) in [7, 11) is 0. The fourth-order valence-electron chi connectivity index (χ4n) is 4.16. The topological polar surface area (TPSA) is 89.5 Å². The van der Waals surface area contributed by atoms with E-state index in [1.807, 2.05) is 91.0 Å². The molecule has 0 unspecified atom stereocenters. The monoisotopic (exact) mass is 520 g/mol. The normalized spacial score (nSPS) is 11.0. The van der Waals surface area contributed by atoms with Crippen LogP contribution in [0, 0.1) is 10.1 Å². The number of amides is 1. The Morgan fingerprint density at radius 3 is 2.05 bits per heavy atom. The average molecular weight is 521 g/mol. The molecule has 1 amide bonds. The van der Waals surface area contributed by atoms with Crippen LogP contribution in [-0.2, 0) is 0 Å². The van der Waals surface area contributed by atoms with Gasteiger partial charge in [-0.1, -0.05) is 72.3 Å². The first-order chi connectivity index (χ1) is 18.5. The molecule has 1 heterocycles. The van der Waals surface area contributed by atoms with Gasteiger partial charge in [0.25, 0.3) is 11.6 Å². The molecule has 0 atom stereocenters. The van der Waals surface area contributed by atoms with E-state index in [2.05, 4.69) is 15.1 Å². The van der Waals surface area contributed by atoms with Crippen molar-refractivity contribution < 1.29 is 9.72 Å². The molecule has 7 nitrogen and oxygen atoms in total. The van der Waals surface area contributed by atoms with Gasteiger partial charge >= 0.3 is 0 Å². The van der Waals surface area contributed by atoms with E-state index in [-0.39, 0.29) is 11.3 Å². The molecule has 0 bridgehead atoms. The van der Waals surface area contributed by atoms with Gasteiger partial charge in [-0.15, -0.1) is 0 Å². The van der Waals surface area contributed by atoms with Crippen molar-refractivity contribution in [1.29, 1.82) is 0 Å². The van der Waals surface area contributed by atoms with Crippen LogP contribution >= 0.6 is 11.6 Å². The van der Waals surface area contributed by atoms with Crippen LogP contribution in [0.1, 0.15) is 15.9 Å². The zero-order valence-electron chi connectivity index (χ0n) is 20.0. The van der Waals surface area contributed by atoms with Crippen molar-refractivity contribution >= 4 is 29.4 Å². The van der Waals surface area contributed by atoms with Gasteiger partial charge in [0.05, 0.1) is 22.5 Å². The van der Waals surface area contributed by atoms with Crippen molar-refractivity contribution in [1.82, 2.24) is 9.99 Å². The second kappa shape index (κ2) is 10.9. The number of nitro benzene ring substituents is 1. The van der Waals surface area contributed by atoms with Gasteiger partial charge in [-0.05, 0) is 53.6 Å². The number of carbonyl (C=O) groups excluding carboxylic acids is 1. The first-order valence-corrected chi connectivity index (χ1v) is 12.1. The SMILES string of the molecule is O=C(N/N=C/c1cc(-c2ccccc2)n(-c2ccc(Cl)cc2)c1-c1ccccc1)c1ccc([N+](=O)[O-])cc1. The average Bonchev–Trinajstić information content (AvgIpc) is 3.33. The summed E-state index contributed by atoms with van der Waals surface area (Å²) in [6, 6.07) is 34.9. The third-order valence-electron chi connectivity index (χ3n) is 5.94. The fraction of sp³-hybridized carbons (Fsp3) is 0. The van der Waals surface area contributed by atoms with E-state index >= 15 is 0 Å². The minimum Gasteiger partial charge on any atom is -0.309 e. The van der Waals surface area contributed by atoms with E-state index in [9.17, 15) is 14.9 Å². The van der Waals surface area contributed by atoms with Gasteiger partial charge < -0.3 is 4.57 Å². The fourth-order valence-corrected chi connectivity index (χ4v) is 4.29. The standard InChI is InChI=1S/C30H21ClN4O3/c31-25-13-17-26(18-14-25)34-28(21-7-3-1-4-8-21)19-24(29(34)22-9-5-2-6-10-22)20-32-33-30(36)23-11-15-27(16-12-23)35(37)38/h1-20H,(H,33,36)/b32-20+. The highest BCUT2D eigenvalue weighted by molar-refractivity contribution is 6.30. The van der Waals surface area contributed by atoms with Gasteiger partial charge in [-0.25, -0.2) is 5.43 Å². The molecule has 0 saturated heterocycles. The maximum atomic E-state index is 12.6. The summed E-state index contributed by atoms with van der Waals surface area (Å²) >= 11 is 6.19. The number of non-ortho nitro benzene ring substituents is 1. The van der Waals surface area contributed by atoms with Crippen molar-refractivity contribution in [2.24, 2.45) is 5.10 Å². The van der Waals surface area contributed by atoms with Crippen molar-refractivity contribution in [3.8, 4) is 28.2 Å². The Bertz CT molecular complexity index is 1610. The lowest BCUT2D eigenvalue weighted by Crippen LogP contribution is -2.17. The van der Waals surface area contributed by atoms with Crippen molar-refractivity contribution in [2.45, 2.75) is 0 Å². The third-order valence-corrected chi connectivity index (χ3v) is 6.19. The van der Waals surface area contributed by atoms with Gasteiger partial charge in [-0.2, -0.15) is 5.10 Å². The Balaban J connectivity index is 1.58. The molecule has 8 heteroatoms. The van der Waals surface area contributed by atoms with Gasteiger partial charge in [0.1, 0.15) is 0 Å². The Labute approximate surface area is 223 Å². The molecule has 0 aliphatic heterocycles. The Morgan fingerprint density at radius 2 is 1.45 bits per heavy atom. The van der Waals surface area contributed by atoms with Crippen LogP contribution in [-0.4, -0.2) is 21.6 Å². The number of nitro groups is 1. The Hall–Kier alpha value is -5.01. The van der Waals surface area contributed by atoms with E-state index in [1.165, 1.54) is 24.3 Å². The number of rotatable bonds is 7. The van der Waals surface area contributed by atoms with Crippen LogP contribution in [0.5, 0.6) is 0 Å². The van der Waals surface area contributed by atoms with E-state index in [1.54, 1.807) is 6.21 Å². The molecular formula is C30H21ClN4O3. The van der Waals surface area contributed by atoms with Crippen LogP contribution in [0.25, 0.3) is 28.2 Å². The molecule has 5 aromatic rings. The molecule has 4 aromatic carbocycles.